The van der Waals surface area contributed by atoms with Crippen LogP contribution in [0.4, 0.5) is 18.0 Å². The molecule has 0 N–H and O–H groups in total. The first-order valence-electron chi connectivity index (χ1n) is 12.7. The van der Waals surface area contributed by atoms with Gasteiger partial charge in [0.25, 0.3) is 0 Å². The van der Waals surface area contributed by atoms with E-state index < -0.39 is 17.3 Å². The monoisotopic (exact) mass is 570 g/mol. The van der Waals surface area contributed by atoms with Gasteiger partial charge in [-0.25, -0.2) is 4.79 Å². The average Bonchev–Trinajstić information content (AvgIpc) is 3.19. The van der Waals surface area contributed by atoms with E-state index >= 15 is 0 Å². The SMILES string of the molecule is CC(C)(C)OC(=O)N1CCC(N2CC[C@@H](Cc3c(Cl)cc(-c4cccc(C(F)(F)F)c4)cc3Cl)C2=O)CC1. The van der Waals surface area contributed by atoms with Gasteiger partial charge in [0.05, 0.1) is 5.56 Å². The Morgan fingerprint density at radius 3 is 2.18 bits per heavy atom. The molecule has 2 saturated heterocycles. The zero-order valence-electron chi connectivity index (χ0n) is 21.6. The molecule has 5 nitrogen and oxygen atoms in total. The highest BCUT2D eigenvalue weighted by Crippen LogP contribution is 2.38. The Labute approximate surface area is 230 Å². The third kappa shape index (κ3) is 6.57. The number of halogens is 5. The Balaban J connectivity index is 1.40. The summed E-state index contributed by atoms with van der Waals surface area (Å²) in [5.41, 5.74) is 0.144. The van der Waals surface area contributed by atoms with Crippen LogP contribution in [0.5, 0.6) is 0 Å². The van der Waals surface area contributed by atoms with Crippen molar-refractivity contribution in [1.29, 1.82) is 0 Å². The van der Waals surface area contributed by atoms with Crippen molar-refractivity contribution in [3.63, 3.8) is 0 Å². The molecule has 38 heavy (non-hydrogen) atoms. The molecular formula is C28H31Cl2F3N2O3. The molecular weight excluding hydrogens is 540 g/mol. The lowest BCUT2D eigenvalue weighted by Gasteiger charge is -2.37. The van der Waals surface area contributed by atoms with Gasteiger partial charge in [0.1, 0.15) is 5.60 Å². The molecule has 0 saturated carbocycles. The summed E-state index contributed by atoms with van der Waals surface area (Å²) < 4.78 is 44.9. The number of amides is 2. The van der Waals surface area contributed by atoms with E-state index in [1.54, 1.807) is 23.1 Å². The maximum absolute atomic E-state index is 13.3. The number of hydrogen-bond donors (Lipinski definition) is 0. The average molecular weight is 571 g/mol. The number of likely N-dealkylation sites (tertiary alicyclic amines) is 2. The van der Waals surface area contributed by atoms with Gasteiger partial charge in [-0.3, -0.25) is 4.79 Å². The Kier molecular flexibility index (Phi) is 8.24. The molecule has 0 radical (unpaired) electrons. The van der Waals surface area contributed by atoms with Gasteiger partial charge in [-0.15, -0.1) is 0 Å². The van der Waals surface area contributed by atoms with Crippen molar-refractivity contribution in [2.45, 2.75) is 64.3 Å². The summed E-state index contributed by atoms with van der Waals surface area (Å²) in [4.78, 5) is 29.2. The van der Waals surface area contributed by atoms with Crippen LogP contribution in [0.3, 0.4) is 0 Å². The number of ether oxygens (including phenoxy) is 1. The summed E-state index contributed by atoms with van der Waals surface area (Å²) in [5.74, 6) is -0.247. The van der Waals surface area contributed by atoms with E-state index in [1.165, 1.54) is 6.07 Å². The maximum atomic E-state index is 13.3. The molecule has 2 aliphatic rings. The second kappa shape index (κ2) is 11.0. The zero-order chi connectivity index (χ0) is 27.8. The number of hydrogen-bond acceptors (Lipinski definition) is 3. The number of alkyl halides is 3. The topological polar surface area (TPSA) is 49.9 Å². The third-order valence-electron chi connectivity index (χ3n) is 7.02. The molecule has 2 aromatic rings. The minimum atomic E-state index is -4.45. The Morgan fingerprint density at radius 2 is 1.61 bits per heavy atom. The van der Waals surface area contributed by atoms with Crippen LogP contribution in [0.15, 0.2) is 36.4 Å². The molecule has 1 atom stereocenters. The van der Waals surface area contributed by atoms with E-state index in [-0.39, 0.29) is 24.0 Å². The molecule has 10 heteroatoms. The molecule has 2 aliphatic heterocycles. The predicted octanol–water partition coefficient (Wildman–Crippen LogP) is 7.47. The molecule has 0 aromatic heterocycles. The van der Waals surface area contributed by atoms with Gasteiger partial charge in [0, 0.05) is 41.6 Å². The van der Waals surface area contributed by atoms with Crippen molar-refractivity contribution in [2.75, 3.05) is 19.6 Å². The fourth-order valence-electron chi connectivity index (χ4n) is 5.09. The first kappa shape index (κ1) is 28.6. The lowest BCUT2D eigenvalue weighted by atomic mass is 9.95. The Bertz CT molecular complexity index is 1180. The van der Waals surface area contributed by atoms with E-state index in [9.17, 15) is 22.8 Å². The van der Waals surface area contributed by atoms with Crippen molar-refractivity contribution < 1.29 is 27.5 Å². The van der Waals surface area contributed by atoms with E-state index in [1.807, 2.05) is 25.7 Å². The van der Waals surface area contributed by atoms with Gasteiger partial charge in [0.15, 0.2) is 0 Å². The quantitative estimate of drug-likeness (QED) is 0.383. The highest BCUT2D eigenvalue weighted by atomic mass is 35.5. The molecule has 2 heterocycles. The third-order valence-corrected chi connectivity index (χ3v) is 7.70. The first-order chi connectivity index (χ1) is 17.7. The van der Waals surface area contributed by atoms with Crippen molar-refractivity contribution in [3.05, 3.63) is 57.6 Å². The highest BCUT2D eigenvalue weighted by molar-refractivity contribution is 6.36. The summed E-state index contributed by atoms with van der Waals surface area (Å²) in [6.45, 7) is 7.18. The second-order valence-corrected chi connectivity index (χ2v) is 11.7. The number of carbonyl (C=O) groups excluding carboxylic acids is 2. The molecule has 0 unspecified atom stereocenters. The smallest absolute Gasteiger partial charge is 0.416 e. The van der Waals surface area contributed by atoms with Crippen LogP contribution >= 0.6 is 23.2 Å². The molecule has 206 valence electrons. The van der Waals surface area contributed by atoms with Gasteiger partial charge in [0.2, 0.25) is 5.91 Å². The van der Waals surface area contributed by atoms with Gasteiger partial charge < -0.3 is 14.5 Å². The van der Waals surface area contributed by atoms with E-state index in [0.29, 0.717) is 72.1 Å². The van der Waals surface area contributed by atoms with E-state index in [4.69, 9.17) is 27.9 Å². The Morgan fingerprint density at radius 1 is 0.974 bits per heavy atom. The molecule has 0 bridgehead atoms. The summed E-state index contributed by atoms with van der Waals surface area (Å²) in [6.07, 6.45) is -2.40. The number of piperidine rings is 1. The summed E-state index contributed by atoms with van der Waals surface area (Å²) in [5, 5.41) is 0.642. The molecule has 2 aromatic carbocycles. The molecule has 2 amide bonds. The minimum absolute atomic E-state index is 0.0369. The van der Waals surface area contributed by atoms with Crippen LogP contribution in [-0.4, -0.2) is 53.1 Å². The molecule has 2 fully saturated rings. The van der Waals surface area contributed by atoms with Crippen LogP contribution in [-0.2, 0) is 22.1 Å². The van der Waals surface area contributed by atoms with E-state index in [2.05, 4.69) is 0 Å². The van der Waals surface area contributed by atoms with Gasteiger partial charge in [-0.05, 0) is 87.4 Å². The summed E-state index contributed by atoms with van der Waals surface area (Å²) >= 11 is 13.1. The van der Waals surface area contributed by atoms with Crippen molar-refractivity contribution >= 4 is 35.2 Å². The van der Waals surface area contributed by atoms with Crippen LogP contribution in [0, 0.1) is 5.92 Å². The lowest BCUT2D eigenvalue weighted by molar-refractivity contribution is -0.137. The predicted molar refractivity (Wildman–Crippen MR) is 141 cm³/mol. The van der Waals surface area contributed by atoms with Crippen LogP contribution in [0.1, 0.15) is 51.2 Å². The van der Waals surface area contributed by atoms with Crippen LogP contribution in [0.25, 0.3) is 11.1 Å². The Hall–Kier alpha value is -2.45. The first-order valence-corrected chi connectivity index (χ1v) is 13.4. The zero-order valence-corrected chi connectivity index (χ0v) is 23.1. The second-order valence-electron chi connectivity index (χ2n) is 10.9. The van der Waals surface area contributed by atoms with Crippen molar-refractivity contribution in [1.82, 2.24) is 9.80 Å². The number of rotatable bonds is 4. The summed E-state index contributed by atoms with van der Waals surface area (Å²) in [7, 11) is 0. The van der Waals surface area contributed by atoms with Crippen LogP contribution in [0.2, 0.25) is 10.0 Å². The highest BCUT2D eigenvalue weighted by Gasteiger charge is 2.38. The summed E-state index contributed by atoms with van der Waals surface area (Å²) in [6, 6.07) is 8.25. The molecule has 4 rings (SSSR count). The largest absolute Gasteiger partial charge is 0.444 e. The fraction of sp³-hybridized carbons (Fsp3) is 0.500. The normalized spacial score (nSPS) is 19.3. The van der Waals surface area contributed by atoms with Gasteiger partial charge >= 0.3 is 12.3 Å². The molecule has 0 spiro atoms. The number of carbonyl (C=O) groups is 2. The molecule has 0 aliphatic carbocycles. The van der Waals surface area contributed by atoms with Gasteiger partial charge in [-0.2, -0.15) is 13.2 Å². The van der Waals surface area contributed by atoms with Crippen molar-refractivity contribution in [3.8, 4) is 11.1 Å². The lowest BCUT2D eigenvalue weighted by Crippen LogP contribution is -2.48. The van der Waals surface area contributed by atoms with Crippen molar-refractivity contribution in [2.24, 2.45) is 5.92 Å². The fourth-order valence-corrected chi connectivity index (χ4v) is 5.73. The maximum Gasteiger partial charge on any atom is 0.416 e. The van der Waals surface area contributed by atoms with Gasteiger partial charge in [-0.1, -0.05) is 35.3 Å². The van der Waals surface area contributed by atoms with Crippen LogP contribution < -0.4 is 0 Å². The minimum Gasteiger partial charge on any atom is -0.444 e. The number of benzene rings is 2. The van der Waals surface area contributed by atoms with E-state index in [0.717, 1.165) is 12.1 Å². The standard InChI is InChI=1S/C28H31Cl2F3N2O3/c1-27(2,3)38-26(37)34-10-8-21(9-11-34)35-12-7-18(25(35)36)14-22-23(29)15-19(16-24(22)30)17-5-4-6-20(13-17)28(31,32)33/h4-6,13,15-16,18,21H,7-12,14H2,1-3H3/t18-/m0/s1. The number of nitrogens with zero attached hydrogens (tertiary/aromatic N) is 2.